The molecule has 0 aliphatic carbocycles. The Balaban J connectivity index is 2.20. The van der Waals surface area contributed by atoms with Crippen molar-refractivity contribution in [1.29, 1.82) is 0 Å². The minimum absolute atomic E-state index is 0.230. The first-order valence-electron chi connectivity index (χ1n) is 11.5. The fourth-order valence-electron chi connectivity index (χ4n) is 3.34. The van der Waals surface area contributed by atoms with Crippen LogP contribution in [0.1, 0.15) is 50.6 Å². The fraction of sp³-hybridized carbons (Fsp3) is 0.545. The molecule has 2 aromatic rings. The average Bonchev–Trinajstić information content (AvgIpc) is 2.83. The van der Waals surface area contributed by atoms with Crippen molar-refractivity contribution < 1.29 is 27.2 Å². The summed E-state index contributed by atoms with van der Waals surface area (Å²) in [6.07, 6.45) is 3.25. The van der Waals surface area contributed by atoms with E-state index in [1.54, 1.807) is 64.4 Å². The van der Waals surface area contributed by atoms with Gasteiger partial charge >= 0.3 is 15.2 Å². The van der Waals surface area contributed by atoms with Gasteiger partial charge in [-0.3, -0.25) is 29.7 Å². The van der Waals surface area contributed by atoms with Gasteiger partial charge in [-0.1, -0.05) is 12.1 Å². The van der Waals surface area contributed by atoms with Gasteiger partial charge in [0.1, 0.15) is 0 Å². The summed E-state index contributed by atoms with van der Waals surface area (Å²) in [5.74, 6) is -1.54. The van der Waals surface area contributed by atoms with E-state index in [1.807, 2.05) is 12.1 Å². The summed E-state index contributed by atoms with van der Waals surface area (Å²) in [6.45, 7) is 8.65. The Labute approximate surface area is 202 Å². The first kappa shape index (κ1) is 28.8. The van der Waals surface area contributed by atoms with Gasteiger partial charge in [0.05, 0.1) is 37.8 Å². The highest BCUT2D eigenvalue weighted by atomic mass is 31.2. The number of nitrogens with zero attached hydrogens (tertiary/aromatic N) is 2. The van der Waals surface area contributed by atoms with Crippen LogP contribution in [0, 0.1) is 0 Å². The fourth-order valence-corrected chi connectivity index (χ4v) is 7.19. The highest BCUT2D eigenvalue weighted by Crippen LogP contribution is 2.60. The summed E-state index contributed by atoms with van der Waals surface area (Å²) in [5, 5.41) is 6.48. The Hall–Kier alpha value is -1.48. The largest absolute Gasteiger partial charge is 0.353 e. The molecule has 2 atom stereocenters. The molecule has 34 heavy (non-hydrogen) atoms. The third kappa shape index (κ3) is 8.04. The number of pyridine rings is 2. The van der Waals surface area contributed by atoms with Crippen LogP contribution >= 0.6 is 15.2 Å². The van der Waals surface area contributed by atoms with Crippen LogP contribution in [0.25, 0.3) is 0 Å². The maximum Gasteiger partial charge on any atom is 0.353 e. The van der Waals surface area contributed by atoms with E-state index < -0.39 is 26.8 Å². The van der Waals surface area contributed by atoms with Crippen molar-refractivity contribution in [2.24, 2.45) is 0 Å². The molecule has 190 valence electrons. The van der Waals surface area contributed by atoms with Crippen molar-refractivity contribution in [2.75, 3.05) is 39.5 Å². The summed E-state index contributed by atoms with van der Waals surface area (Å²) >= 11 is 0. The van der Waals surface area contributed by atoms with Gasteiger partial charge in [-0.25, -0.2) is 0 Å². The second-order valence-electron chi connectivity index (χ2n) is 6.97. The zero-order valence-electron chi connectivity index (χ0n) is 20.3. The van der Waals surface area contributed by atoms with E-state index in [-0.39, 0.29) is 26.4 Å². The third-order valence-corrected chi connectivity index (χ3v) is 9.24. The number of nitrogens with one attached hydrogen (secondary N) is 2. The SMILES string of the molecule is CCOP(=O)(OCC)[C@H](NCCN[C@H](c1ccccn1)P(=O)(OCC)OCC)c1ccccn1. The lowest BCUT2D eigenvalue weighted by molar-refractivity contribution is 0.203. The number of hydrogen-bond acceptors (Lipinski definition) is 10. The molecule has 0 aromatic carbocycles. The van der Waals surface area contributed by atoms with E-state index in [0.29, 0.717) is 24.5 Å². The second-order valence-corrected chi connectivity index (χ2v) is 11.2. The minimum Gasteiger partial charge on any atom is -0.308 e. The quantitative estimate of drug-likeness (QED) is 0.223. The lowest BCUT2D eigenvalue weighted by atomic mass is 10.3. The molecule has 2 heterocycles. The lowest BCUT2D eigenvalue weighted by Crippen LogP contribution is -2.34. The molecular formula is C22H36N4O6P2. The minimum atomic E-state index is -3.55. The number of hydrogen-bond donors (Lipinski definition) is 2. The van der Waals surface area contributed by atoms with Crippen molar-refractivity contribution in [3.8, 4) is 0 Å². The first-order chi connectivity index (χ1) is 16.4. The molecule has 0 bridgehead atoms. The molecule has 0 aliphatic heterocycles. The molecule has 12 heteroatoms. The van der Waals surface area contributed by atoms with E-state index in [2.05, 4.69) is 20.6 Å². The van der Waals surface area contributed by atoms with Gasteiger partial charge in [-0.15, -0.1) is 0 Å². The summed E-state index contributed by atoms with van der Waals surface area (Å²) in [5.41, 5.74) is 1.09. The van der Waals surface area contributed by atoms with Crippen LogP contribution in [-0.4, -0.2) is 49.5 Å². The van der Waals surface area contributed by atoms with Crippen molar-refractivity contribution in [2.45, 2.75) is 39.3 Å². The van der Waals surface area contributed by atoms with Gasteiger partial charge in [-0.05, 0) is 52.0 Å². The van der Waals surface area contributed by atoms with Crippen LogP contribution in [0.3, 0.4) is 0 Å². The Morgan fingerprint density at radius 3 is 1.29 bits per heavy atom. The van der Waals surface area contributed by atoms with Gasteiger partial charge in [0.15, 0.2) is 11.6 Å². The van der Waals surface area contributed by atoms with Gasteiger partial charge in [0.25, 0.3) is 0 Å². The van der Waals surface area contributed by atoms with E-state index in [0.717, 1.165) is 0 Å². The standard InChI is InChI=1S/C22H36N4O6P2/c1-5-29-33(27,30-6-2)21(19-13-9-11-15-23-19)25-17-18-26-22(20-14-10-12-16-24-20)34(28,31-7-3)32-8-4/h9-16,21-22,25-26H,5-8,17-18H2,1-4H3/t21-,22-/m0/s1. The molecular weight excluding hydrogens is 478 g/mol. The second kappa shape index (κ2) is 14.8. The maximum absolute atomic E-state index is 13.5. The van der Waals surface area contributed by atoms with Gasteiger partial charge in [0.2, 0.25) is 0 Å². The summed E-state index contributed by atoms with van der Waals surface area (Å²) in [6, 6.07) is 10.7. The Morgan fingerprint density at radius 1 is 0.676 bits per heavy atom. The highest BCUT2D eigenvalue weighted by molar-refractivity contribution is 7.54. The summed E-state index contributed by atoms with van der Waals surface area (Å²) in [4.78, 5) is 8.70. The van der Waals surface area contributed by atoms with Crippen LogP contribution in [-0.2, 0) is 27.2 Å². The molecule has 0 amide bonds. The van der Waals surface area contributed by atoms with Gasteiger partial charge in [-0.2, -0.15) is 0 Å². The van der Waals surface area contributed by atoms with Crippen LogP contribution in [0.4, 0.5) is 0 Å². The smallest absolute Gasteiger partial charge is 0.308 e. The molecule has 2 rings (SSSR count). The molecule has 0 saturated carbocycles. The zero-order chi connectivity index (χ0) is 24.9. The van der Waals surface area contributed by atoms with Crippen molar-refractivity contribution >= 4 is 15.2 Å². The Morgan fingerprint density at radius 2 is 1.03 bits per heavy atom. The van der Waals surface area contributed by atoms with Crippen molar-refractivity contribution in [1.82, 2.24) is 20.6 Å². The molecule has 0 aliphatic rings. The zero-order valence-corrected chi connectivity index (χ0v) is 22.0. The predicted octanol–water partition coefficient (Wildman–Crippen LogP) is 4.89. The van der Waals surface area contributed by atoms with Crippen LogP contribution in [0.15, 0.2) is 48.8 Å². The highest BCUT2D eigenvalue weighted by Gasteiger charge is 2.39. The molecule has 0 radical (unpaired) electrons. The molecule has 0 fully saturated rings. The number of rotatable bonds is 17. The topological polar surface area (TPSA) is 121 Å². The van der Waals surface area contributed by atoms with Crippen LogP contribution < -0.4 is 10.6 Å². The third-order valence-electron chi connectivity index (χ3n) is 4.60. The summed E-state index contributed by atoms with van der Waals surface area (Å²) in [7, 11) is -7.09. The van der Waals surface area contributed by atoms with E-state index >= 15 is 0 Å². The van der Waals surface area contributed by atoms with Crippen LogP contribution in [0.5, 0.6) is 0 Å². The summed E-state index contributed by atoms with van der Waals surface area (Å²) < 4.78 is 49.3. The predicted molar refractivity (Wildman–Crippen MR) is 132 cm³/mol. The van der Waals surface area contributed by atoms with Crippen molar-refractivity contribution in [3.63, 3.8) is 0 Å². The molecule has 2 aromatic heterocycles. The molecule has 2 N–H and O–H groups in total. The van der Waals surface area contributed by atoms with Gasteiger partial charge < -0.3 is 18.1 Å². The molecule has 10 nitrogen and oxygen atoms in total. The molecule has 0 unspecified atom stereocenters. The van der Waals surface area contributed by atoms with E-state index in [4.69, 9.17) is 18.1 Å². The lowest BCUT2D eigenvalue weighted by Gasteiger charge is -2.28. The number of aromatic nitrogens is 2. The van der Waals surface area contributed by atoms with Crippen molar-refractivity contribution in [3.05, 3.63) is 60.2 Å². The Kier molecular flexibility index (Phi) is 12.5. The van der Waals surface area contributed by atoms with E-state index in [1.165, 1.54) is 0 Å². The average molecular weight is 515 g/mol. The van der Waals surface area contributed by atoms with Crippen LogP contribution in [0.2, 0.25) is 0 Å². The van der Waals surface area contributed by atoms with Gasteiger partial charge in [0, 0.05) is 25.5 Å². The first-order valence-corrected chi connectivity index (χ1v) is 14.7. The normalized spacial score (nSPS) is 14.1. The van der Waals surface area contributed by atoms with E-state index in [9.17, 15) is 9.13 Å². The monoisotopic (exact) mass is 514 g/mol. The molecule has 0 spiro atoms. The maximum atomic E-state index is 13.5. The Bertz CT molecular complexity index is 827. The molecule has 0 saturated heterocycles.